The third-order valence-electron chi connectivity index (χ3n) is 5.01. The average Bonchev–Trinajstić information content (AvgIpc) is 3.18. The van der Waals surface area contributed by atoms with E-state index in [1.165, 1.54) is 6.92 Å². The Morgan fingerprint density at radius 3 is 2.31 bits per heavy atom. The Balaban J connectivity index is 1.35. The lowest BCUT2D eigenvalue weighted by Gasteiger charge is -2.20. The number of para-hydroxylation sites is 2. The van der Waals surface area contributed by atoms with Crippen molar-refractivity contribution >= 4 is 28.8 Å². The summed E-state index contributed by atoms with van der Waals surface area (Å²) in [6, 6.07) is 12.8. The maximum absolute atomic E-state index is 12.5. The first-order valence-electron chi connectivity index (χ1n) is 9.30. The molecule has 2 amide bonds. The molecular formula is C21H19N3O5. The number of aromatic nitrogens is 2. The fraction of sp³-hybridized carbons (Fsp3) is 0.238. The van der Waals surface area contributed by atoms with Gasteiger partial charge in [0.25, 0.3) is 11.8 Å². The lowest BCUT2D eigenvalue weighted by Crippen LogP contribution is -2.43. The molecule has 0 radical (unpaired) electrons. The van der Waals surface area contributed by atoms with E-state index in [4.69, 9.17) is 4.74 Å². The fourth-order valence-electron chi connectivity index (χ4n) is 3.51. The Morgan fingerprint density at radius 2 is 1.62 bits per heavy atom. The summed E-state index contributed by atoms with van der Waals surface area (Å²) < 4.78 is 6.83. The number of esters is 1. The van der Waals surface area contributed by atoms with Crippen LogP contribution in [0.4, 0.5) is 0 Å². The highest BCUT2D eigenvalue weighted by atomic mass is 16.5. The molecule has 8 heteroatoms. The highest BCUT2D eigenvalue weighted by Crippen LogP contribution is 2.24. The van der Waals surface area contributed by atoms with E-state index < -0.39 is 23.8 Å². The lowest BCUT2D eigenvalue weighted by atomic mass is 10.1. The predicted molar refractivity (Wildman–Crippen MR) is 105 cm³/mol. The number of carbonyl (C=O) groups is 3. The zero-order chi connectivity index (χ0) is 20.5. The monoisotopic (exact) mass is 393 g/mol. The van der Waals surface area contributed by atoms with Crippen molar-refractivity contribution < 1.29 is 19.1 Å². The van der Waals surface area contributed by atoms with Crippen molar-refractivity contribution in [2.24, 2.45) is 0 Å². The summed E-state index contributed by atoms with van der Waals surface area (Å²) in [4.78, 5) is 53.0. The second-order valence-corrected chi connectivity index (χ2v) is 6.82. The molecule has 0 fully saturated rings. The number of amides is 2. The number of fused-ring (bicyclic) bond motifs is 2. The molecule has 148 valence electrons. The first-order chi connectivity index (χ1) is 14.0. The zero-order valence-corrected chi connectivity index (χ0v) is 15.8. The van der Waals surface area contributed by atoms with Gasteiger partial charge in [-0.1, -0.05) is 24.3 Å². The molecule has 29 heavy (non-hydrogen) atoms. The number of carbonyl (C=O) groups excluding carboxylic acids is 3. The van der Waals surface area contributed by atoms with Crippen LogP contribution >= 0.6 is 0 Å². The smallest absolute Gasteiger partial charge is 0.329 e. The van der Waals surface area contributed by atoms with Crippen LogP contribution in [0.5, 0.6) is 0 Å². The molecule has 1 aliphatic rings. The first-order valence-corrected chi connectivity index (χ1v) is 9.30. The summed E-state index contributed by atoms with van der Waals surface area (Å²) in [5.41, 5.74) is 1.88. The quantitative estimate of drug-likeness (QED) is 0.392. The number of aromatic amines is 1. The molecule has 0 spiro atoms. The number of imidazole rings is 1. The van der Waals surface area contributed by atoms with Crippen LogP contribution in [-0.2, 0) is 16.1 Å². The maximum atomic E-state index is 12.5. The third kappa shape index (κ3) is 3.22. The van der Waals surface area contributed by atoms with Crippen LogP contribution < -0.4 is 5.69 Å². The number of aryl methyl sites for hydroxylation is 1. The molecule has 0 bridgehead atoms. The summed E-state index contributed by atoms with van der Waals surface area (Å²) in [5.74, 6) is -1.66. The predicted octanol–water partition coefficient (Wildman–Crippen LogP) is 1.95. The Morgan fingerprint density at radius 1 is 1.00 bits per heavy atom. The number of hydrogen-bond acceptors (Lipinski definition) is 5. The van der Waals surface area contributed by atoms with E-state index in [1.807, 2.05) is 24.3 Å². The molecule has 3 aromatic rings. The molecule has 1 atom stereocenters. The van der Waals surface area contributed by atoms with Gasteiger partial charge in [0.2, 0.25) is 0 Å². The number of H-pyrrole nitrogens is 1. The second-order valence-electron chi connectivity index (χ2n) is 6.82. The average molecular weight is 393 g/mol. The molecule has 1 aliphatic heterocycles. The molecular weight excluding hydrogens is 374 g/mol. The van der Waals surface area contributed by atoms with Gasteiger partial charge in [-0.2, -0.15) is 0 Å². The molecule has 2 heterocycles. The number of imide groups is 1. The minimum Gasteiger partial charge on any atom is -0.464 e. The number of nitrogens with one attached hydrogen (secondary N) is 1. The van der Waals surface area contributed by atoms with Gasteiger partial charge < -0.3 is 9.72 Å². The Kier molecular flexibility index (Phi) is 4.75. The van der Waals surface area contributed by atoms with Crippen molar-refractivity contribution in [3.8, 4) is 0 Å². The van der Waals surface area contributed by atoms with Gasteiger partial charge in [0.05, 0.1) is 28.8 Å². The fourth-order valence-corrected chi connectivity index (χ4v) is 3.51. The number of benzene rings is 2. The number of ether oxygens (including phenoxy) is 1. The van der Waals surface area contributed by atoms with Gasteiger partial charge in [0.15, 0.2) is 0 Å². The van der Waals surface area contributed by atoms with Crippen LogP contribution in [0.2, 0.25) is 0 Å². The van der Waals surface area contributed by atoms with E-state index in [9.17, 15) is 19.2 Å². The molecule has 1 aromatic heterocycles. The highest BCUT2D eigenvalue weighted by molar-refractivity contribution is 6.22. The van der Waals surface area contributed by atoms with Crippen molar-refractivity contribution in [1.82, 2.24) is 14.5 Å². The van der Waals surface area contributed by atoms with Gasteiger partial charge in [0.1, 0.15) is 6.04 Å². The zero-order valence-electron chi connectivity index (χ0n) is 15.8. The number of hydrogen-bond donors (Lipinski definition) is 1. The molecule has 8 nitrogen and oxygen atoms in total. The van der Waals surface area contributed by atoms with Gasteiger partial charge in [-0.05, 0) is 37.6 Å². The standard InChI is InChI=1S/C21H19N3O5/c1-13(24-18(25)14-7-2-3-8-15(14)19(24)26)20(27)29-12-6-11-23-17-10-5-4-9-16(17)22-21(23)28/h2-5,7-10,13H,6,11-12H2,1H3,(H,22,28). The molecule has 2 aromatic carbocycles. The van der Waals surface area contributed by atoms with E-state index in [2.05, 4.69) is 4.98 Å². The summed E-state index contributed by atoms with van der Waals surface area (Å²) >= 11 is 0. The van der Waals surface area contributed by atoms with Gasteiger partial charge in [-0.25, -0.2) is 9.59 Å². The van der Waals surface area contributed by atoms with E-state index in [1.54, 1.807) is 28.8 Å². The van der Waals surface area contributed by atoms with E-state index in [-0.39, 0.29) is 23.4 Å². The van der Waals surface area contributed by atoms with E-state index >= 15 is 0 Å². The van der Waals surface area contributed by atoms with Gasteiger partial charge >= 0.3 is 11.7 Å². The van der Waals surface area contributed by atoms with Gasteiger partial charge in [0, 0.05) is 6.54 Å². The molecule has 0 aliphatic carbocycles. The lowest BCUT2D eigenvalue weighted by molar-refractivity contribution is -0.147. The van der Waals surface area contributed by atoms with E-state index in [0.29, 0.717) is 13.0 Å². The first kappa shape index (κ1) is 18.7. The summed E-state index contributed by atoms with van der Waals surface area (Å²) in [5, 5.41) is 0. The number of nitrogens with zero attached hydrogens (tertiary/aromatic N) is 2. The largest absolute Gasteiger partial charge is 0.464 e. The highest BCUT2D eigenvalue weighted by Gasteiger charge is 2.41. The molecule has 1 N–H and O–H groups in total. The van der Waals surface area contributed by atoms with Crippen LogP contribution in [0.1, 0.15) is 34.1 Å². The SMILES string of the molecule is CC(C(=O)OCCCn1c(=O)[nH]c2ccccc21)N1C(=O)c2ccccc2C1=O. The van der Waals surface area contributed by atoms with Crippen molar-refractivity contribution in [2.45, 2.75) is 25.9 Å². The Labute approximate surface area is 165 Å². The van der Waals surface area contributed by atoms with Gasteiger partial charge in [-0.15, -0.1) is 0 Å². The molecule has 0 saturated heterocycles. The van der Waals surface area contributed by atoms with Crippen LogP contribution in [0, 0.1) is 0 Å². The number of rotatable bonds is 6. The van der Waals surface area contributed by atoms with Crippen LogP contribution in [0.3, 0.4) is 0 Å². The van der Waals surface area contributed by atoms with Crippen LogP contribution in [0.25, 0.3) is 11.0 Å². The summed E-state index contributed by atoms with van der Waals surface area (Å²) in [7, 11) is 0. The topological polar surface area (TPSA) is 101 Å². The van der Waals surface area contributed by atoms with Crippen LogP contribution in [-0.4, -0.2) is 44.9 Å². The van der Waals surface area contributed by atoms with Crippen LogP contribution in [0.15, 0.2) is 53.3 Å². The third-order valence-corrected chi connectivity index (χ3v) is 5.01. The van der Waals surface area contributed by atoms with E-state index in [0.717, 1.165) is 15.9 Å². The molecule has 4 rings (SSSR count). The molecule has 0 saturated carbocycles. The minimum absolute atomic E-state index is 0.0677. The Hall–Kier alpha value is -3.68. The molecule has 1 unspecified atom stereocenters. The maximum Gasteiger partial charge on any atom is 0.329 e. The normalized spacial score (nSPS) is 14.3. The Bertz CT molecular complexity index is 1140. The van der Waals surface area contributed by atoms with Gasteiger partial charge in [-0.3, -0.25) is 19.1 Å². The second kappa shape index (κ2) is 7.38. The summed E-state index contributed by atoms with van der Waals surface area (Å²) in [6.45, 7) is 1.91. The van der Waals surface area contributed by atoms with Crippen molar-refractivity contribution in [3.05, 3.63) is 70.1 Å². The van der Waals surface area contributed by atoms with Crippen molar-refractivity contribution in [1.29, 1.82) is 0 Å². The van der Waals surface area contributed by atoms with Crippen molar-refractivity contribution in [2.75, 3.05) is 6.61 Å². The minimum atomic E-state index is -1.03. The summed E-state index contributed by atoms with van der Waals surface area (Å²) in [6.07, 6.45) is 0.419. The van der Waals surface area contributed by atoms with Crippen molar-refractivity contribution in [3.63, 3.8) is 0 Å².